The fourth-order valence-electron chi connectivity index (χ4n) is 3.91. The SMILES string of the molecule is CCN(C(=O)C(C)NC(=O)OC(C)(C)C)C(C(=O)Nc1ccc2ccccc2c1)c1cccc(O)c1. The fraction of sp³-hybridized carbons (Fsp3) is 0.321. The van der Waals surface area contributed by atoms with Crippen molar-refractivity contribution in [1.29, 1.82) is 0 Å². The molecule has 0 heterocycles. The van der Waals surface area contributed by atoms with Crippen LogP contribution in [0.5, 0.6) is 5.75 Å². The molecule has 8 nitrogen and oxygen atoms in total. The number of nitrogens with zero attached hydrogens (tertiary/aromatic N) is 1. The molecule has 2 unspecified atom stereocenters. The minimum absolute atomic E-state index is 0.0283. The fourth-order valence-corrected chi connectivity index (χ4v) is 3.91. The van der Waals surface area contributed by atoms with Gasteiger partial charge in [0.05, 0.1) is 0 Å². The smallest absolute Gasteiger partial charge is 0.408 e. The van der Waals surface area contributed by atoms with Gasteiger partial charge in [-0.15, -0.1) is 0 Å². The maximum absolute atomic E-state index is 13.6. The number of hydrogen-bond donors (Lipinski definition) is 3. The van der Waals surface area contributed by atoms with E-state index >= 15 is 0 Å². The number of aromatic hydroxyl groups is 1. The van der Waals surface area contributed by atoms with Gasteiger partial charge in [-0.2, -0.15) is 0 Å². The van der Waals surface area contributed by atoms with Crippen molar-refractivity contribution in [2.24, 2.45) is 0 Å². The Labute approximate surface area is 211 Å². The molecule has 0 aromatic heterocycles. The maximum Gasteiger partial charge on any atom is 0.408 e. The highest BCUT2D eigenvalue weighted by molar-refractivity contribution is 6.00. The molecule has 3 rings (SSSR count). The molecule has 0 radical (unpaired) electrons. The zero-order valence-corrected chi connectivity index (χ0v) is 21.2. The highest BCUT2D eigenvalue weighted by Crippen LogP contribution is 2.27. The number of rotatable bonds is 7. The van der Waals surface area contributed by atoms with Gasteiger partial charge in [0.1, 0.15) is 23.4 Å². The molecule has 0 aliphatic carbocycles. The quantitative estimate of drug-likeness (QED) is 0.432. The summed E-state index contributed by atoms with van der Waals surface area (Å²) in [5, 5.41) is 17.5. The van der Waals surface area contributed by atoms with Crippen LogP contribution in [0.25, 0.3) is 10.8 Å². The number of amides is 3. The summed E-state index contributed by atoms with van der Waals surface area (Å²) in [6, 6.07) is 17.6. The Morgan fingerprint density at radius 2 is 1.67 bits per heavy atom. The number of hydrogen-bond acceptors (Lipinski definition) is 5. The second-order valence-corrected chi connectivity index (χ2v) is 9.54. The summed E-state index contributed by atoms with van der Waals surface area (Å²) < 4.78 is 5.26. The van der Waals surface area contributed by atoms with Gasteiger partial charge in [0.15, 0.2) is 0 Å². The average Bonchev–Trinajstić information content (AvgIpc) is 2.80. The van der Waals surface area contributed by atoms with Gasteiger partial charge in [0.25, 0.3) is 5.91 Å². The number of benzene rings is 3. The molecular formula is C28H33N3O5. The second-order valence-electron chi connectivity index (χ2n) is 9.54. The van der Waals surface area contributed by atoms with Gasteiger partial charge in [-0.25, -0.2) is 4.79 Å². The molecule has 0 bridgehead atoms. The first kappa shape index (κ1) is 26.5. The van der Waals surface area contributed by atoms with Gasteiger partial charge >= 0.3 is 6.09 Å². The number of nitrogens with one attached hydrogen (secondary N) is 2. The van der Waals surface area contributed by atoms with Crippen LogP contribution in [0, 0.1) is 0 Å². The predicted octanol–water partition coefficient (Wildman–Crippen LogP) is 4.99. The van der Waals surface area contributed by atoms with Crippen LogP contribution in [0.3, 0.4) is 0 Å². The summed E-state index contributed by atoms with van der Waals surface area (Å²) >= 11 is 0. The molecule has 2 atom stereocenters. The van der Waals surface area contributed by atoms with E-state index in [2.05, 4.69) is 10.6 Å². The lowest BCUT2D eigenvalue weighted by Gasteiger charge is -2.32. The van der Waals surface area contributed by atoms with E-state index < -0.39 is 35.6 Å². The van der Waals surface area contributed by atoms with Crippen LogP contribution in [0.2, 0.25) is 0 Å². The van der Waals surface area contributed by atoms with Gasteiger partial charge in [-0.05, 0) is 75.2 Å². The first-order valence-corrected chi connectivity index (χ1v) is 11.9. The number of phenolic OH excluding ortho intramolecular Hbond substituents is 1. The molecule has 0 saturated carbocycles. The molecule has 0 saturated heterocycles. The van der Waals surface area contributed by atoms with Crippen LogP contribution in [0.4, 0.5) is 10.5 Å². The van der Waals surface area contributed by atoms with Gasteiger partial charge in [0, 0.05) is 12.2 Å². The normalized spacial score (nSPS) is 12.9. The standard InChI is InChI=1S/C28H33N3O5/c1-6-31(26(34)18(2)29-27(35)36-28(3,4)5)24(21-12-9-13-23(32)17-21)25(33)30-22-15-14-19-10-7-8-11-20(19)16-22/h7-18,24,32H,6H2,1-5H3,(H,29,35)(H,30,33). The molecular weight excluding hydrogens is 458 g/mol. The van der Waals surface area contributed by atoms with Crippen molar-refractivity contribution in [2.75, 3.05) is 11.9 Å². The third kappa shape index (κ3) is 6.75. The number of likely N-dealkylation sites (N-methyl/N-ethyl adjacent to an activating group) is 1. The summed E-state index contributed by atoms with van der Waals surface area (Å²) in [5.41, 5.74) is 0.293. The van der Waals surface area contributed by atoms with Gasteiger partial charge in [0.2, 0.25) is 5.91 Å². The number of phenols is 1. The lowest BCUT2D eigenvalue weighted by Crippen LogP contribution is -2.51. The minimum atomic E-state index is -1.05. The molecule has 3 N–H and O–H groups in total. The Hall–Kier alpha value is -4.07. The van der Waals surface area contributed by atoms with Crippen molar-refractivity contribution >= 4 is 34.4 Å². The molecule has 0 aliphatic heterocycles. The summed E-state index contributed by atoms with van der Waals surface area (Å²) in [7, 11) is 0. The van der Waals surface area contributed by atoms with Gasteiger partial charge in [-0.3, -0.25) is 9.59 Å². The number of carbonyl (C=O) groups is 3. The van der Waals surface area contributed by atoms with E-state index in [1.807, 2.05) is 36.4 Å². The molecule has 36 heavy (non-hydrogen) atoms. The highest BCUT2D eigenvalue weighted by Gasteiger charge is 2.34. The van der Waals surface area contributed by atoms with E-state index in [9.17, 15) is 19.5 Å². The van der Waals surface area contributed by atoms with Crippen molar-refractivity contribution < 1.29 is 24.2 Å². The lowest BCUT2D eigenvalue weighted by atomic mass is 10.0. The number of carbonyl (C=O) groups excluding carboxylic acids is 3. The molecule has 0 fully saturated rings. The minimum Gasteiger partial charge on any atom is -0.508 e. The number of ether oxygens (including phenoxy) is 1. The molecule has 0 spiro atoms. The Morgan fingerprint density at radius 1 is 0.972 bits per heavy atom. The average molecular weight is 492 g/mol. The van der Waals surface area contributed by atoms with Crippen molar-refractivity contribution in [2.45, 2.75) is 52.3 Å². The summed E-state index contributed by atoms with van der Waals surface area (Å²) in [4.78, 5) is 40.6. The highest BCUT2D eigenvalue weighted by atomic mass is 16.6. The number of anilines is 1. The first-order chi connectivity index (χ1) is 17.0. The molecule has 3 amide bonds. The van der Waals surface area contributed by atoms with Crippen LogP contribution in [-0.2, 0) is 14.3 Å². The van der Waals surface area contributed by atoms with Crippen LogP contribution in [0.15, 0.2) is 66.7 Å². The van der Waals surface area contributed by atoms with E-state index in [1.165, 1.54) is 24.0 Å². The van der Waals surface area contributed by atoms with Gasteiger partial charge < -0.3 is 25.4 Å². The van der Waals surface area contributed by atoms with Crippen molar-refractivity contribution in [3.05, 3.63) is 72.3 Å². The number of alkyl carbamates (subject to hydrolysis) is 1. The summed E-state index contributed by atoms with van der Waals surface area (Å²) in [6.45, 7) is 8.66. The van der Waals surface area contributed by atoms with E-state index in [4.69, 9.17) is 4.74 Å². The molecule has 190 valence electrons. The number of fused-ring (bicyclic) bond motifs is 1. The lowest BCUT2D eigenvalue weighted by molar-refractivity contribution is -0.140. The van der Waals surface area contributed by atoms with Crippen LogP contribution < -0.4 is 10.6 Å². The Kier molecular flexibility index (Phi) is 8.19. The maximum atomic E-state index is 13.6. The molecule has 0 aliphatic rings. The Balaban J connectivity index is 1.89. The zero-order chi connectivity index (χ0) is 26.5. The van der Waals surface area contributed by atoms with E-state index in [-0.39, 0.29) is 12.3 Å². The van der Waals surface area contributed by atoms with Crippen molar-refractivity contribution in [1.82, 2.24) is 10.2 Å². The molecule has 3 aromatic carbocycles. The van der Waals surface area contributed by atoms with Gasteiger partial charge in [-0.1, -0.05) is 42.5 Å². The van der Waals surface area contributed by atoms with E-state index in [1.54, 1.807) is 45.9 Å². The van der Waals surface area contributed by atoms with Crippen LogP contribution in [0.1, 0.15) is 46.2 Å². The topological polar surface area (TPSA) is 108 Å². The van der Waals surface area contributed by atoms with E-state index in [0.717, 1.165) is 10.8 Å². The first-order valence-electron chi connectivity index (χ1n) is 11.9. The van der Waals surface area contributed by atoms with Crippen molar-refractivity contribution in [3.8, 4) is 5.75 Å². The van der Waals surface area contributed by atoms with Crippen LogP contribution >= 0.6 is 0 Å². The summed E-state index contributed by atoms with van der Waals surface area (Å²) in [5.74, 6) is -0.944. The monoisotopic (exact) mass is 491 g/mol. The van der Waals surface area contributed by atoms with Crippen molar-refractivity contribution in [3.63, 3.8) is 0 Å². The Morgan fingerprint density at radius 3 is 2.31 bits per heavy atom. The van der Waals surface area contributed by atoms with Crippen LogP contribution in [-0.4, -0.2) is 46.1 Å². The third-order valence-electron chi connectivity index (χ3n) is 5.49. The predicted molar refractivity (Wildman–Crippen MR) is 140 cm³/mol. The Bertz CT molecular complexity index is 1250. The second kappa shape index (κ2) is 11.1. The third-order valence-corrected chi connectivity index (χ3v) is 5.49. The largest absolute Gasteiger partial charge is 0.508 e. The molecule has 3 aromatic rings. The summed E-state index contributed by atoms with van der Waals surface area (Å²) in [6.07, 6.45) is -0.728. The molecule has 8 heteroatoms. The van der Waals surface area contributed by atoms with E-state index in [0.29, 0.717) is 11.3 Å². The zero-order valence-electron chi connectivity index (χ0n) is 21.2.